The molecule has 22 heavy (non-hydrogen) atoms. The summed E-state index contributed by atoms with van der Waals surface area (Å²) in [7, 11) is 0. The van der Waals surface area contributed by atoms with Crippen LogP contribution in [0.1, 0.15) is 19.4 Å². The molecule has 0 fully saturated rings. The van der Waals surface area contributed by atoms with Crippen molar-refractivity contribution >= 4 is 29.3 Å². The highest BCUT2D eigenvalue weighted by atomic mass is 35.5. The molecular weight excluding hydrogens is 326 g/mol. The summed E-state index contributed by atoms with van der Waals surface area (Å²) < 4.78 is 56.7. The monoisotopic (exact) mass is 339 g/mol. The van der Waals surface area contributed by atoms with Crippen LogP contribution >= 0.6 is 11.6 Å². The zero-order valence-corrected chi connectivity index (χ0v) is 12.6. The first-order valence-electron chi connectivity index (χ1n) is 6.18. The van der Waals surface area contributed by atoms with Gasteiger partial charge in [0.25, 0.3) is 0 Å². The molecule has 0 atom stereocenters. The predicted octanol–water partition coefficient (Wildman–Crippen LogP) is 4.52. The average molecular weight is 340 g/mol. The van der Waals surface area contributed by atoms with E-state index in [0.29, 0.717) is 11.3 Å². The van der Waals surface area contributed by atoms with Crippen LogP contribution in [0.3, 0.4) is 0 Å². The van der Waals surface area contributed by atoms with Gasteiger partial charge in [-0.1, -0.05) is 12.7 Å². The number of benzene rings is 1. The van der Waals surface area contributed by atoms with Crippen LogP contribution in [-0.4, -0.2) is 23.3 Å². The largest absolute Gasteiger partial charge is 0.490 e. The number of halogens is 5. The van der Waals surface area contributed by atoms with Crippen LogP contribution in [0.4, 0.5) is 23.2 Å². The van der Waals surface area contributed by atoms with Crippen molar-refractivity contribution in [3.63, 3.8) is 0 Å². The van der Waals surface area contributed by atoms with E-state index in [1.807, 2.05) is 0 Å². The van der Waals surface area contributed by atoms with E-state index in [9.17, 15) is 22.4 Å². The summed E-state index contributed by atoms with van der Waals surface area (Å²) in [6, 6.07) is 3.92. The molecule has 0 radical (unpaired) electrons. The van der Waals surface area contributed by atoms with Crippen molar-refractivity contribution in [3.8, 4) is 5.75 Å². The third-order valence-electron chi connectivity index (χ3n) is 2.49. The zero-order valence-electron chi connectivity index (χ0n) is 11.8. The smallest absolute Gasteiger partial charge is 0.401 e. The van der Waals surface area contributed by atoms with Gasteiger partial charge in [-0.25, -0.2) is 0 Å². The van der Waals surface area contributed by atoms with Gasteiger partial charge in [0.2, 0.25) is 0 Å². The zero-order chi connectivity index (χ0) is 17.1. The van der Waals surface area contributed by atoms with Gasteiger partial charge < -0.3 is 10.1 Å². The van der Waals surface area contributed by atoms with E-state index < -0.39 is 17.2 Å². The number of hydrogen-bond acceptors (Lipinski definition) is 2. The molecule has 0 bridgehead atoms. The lowest BCUT2D eigenvalue weighted by Gasteiger charge is -2.20. The van der Waals surface area contributed by atoms with Gasteiger partial charge in [-0.3, -0.25) is 4.79 Å². The summed E-state index contributed by atoms with van der Waals surface area (Å²) in [5, 5.41) is -3.30. The number of alkyl halides is 5. The Kier molecular flexibility index (Phi) is 5.45. The summed E-state index contributed by atoms with van der Waals surface area (Å²) >= 11 is 4.25. The lowest BCUT2D eigenvalue weighted by molar-refractivity contribution is -0.175. The van der Waals surface area contributed by atoms with Crippen molar-refractivity contribution < 1.29 is 27.1 Å². The minimum Gasteiger partial charge on any atom is -0.490 e. The molecule has 0 heterocycles. The first-order chi connectivity index (χ1) is 9.99. The Morgan fingerprint density at radius 3 is 2.41 bits per heavy atom. The van der Waals surface area contributed by atoms with Gasteiger partial charge in [-0.05, 0) is 43.6 Å². The van der Waals surface area contributed by atoms with Crippen LogP contribution in [0, 0.1) is 0 Å². The number of hydrogen-bond donors (Lipinski definition) is 1. The fourth-order valence-corrected chi connectivity index (χ4v) is 1.57. The molecule has 0 spiro atoms. The Hall–Kier alpha value is -1.76. The van der Waals surface area contributed by atoms with Gasteiger partial charge in [0.15, 0.2) is 0 Å². The lowest BCUT2D eigenvalue weighted by Crippen LogP contribution is -2.46. The summed E-state index contributed by atoms with van der Waals surface area (Å²) in [5.74, 6) is -6.84. The second kappa shape index (κ2) is 6.56. The lowest BCUT2D eigenvalue weighted by atomic mass is 10.1. The van der Waals surface area contributed by atoms with Crippen LogP contribution < -0.4 is 10.1 Å². The van der Waals surface area contributed by atoms with Gasteiger partial charge in [-0.15, -0.1) is 0 Å². The molecule has 0 aromatic heterocycles. The van der Waals surface area contributed by atoms with E-state index in [-0.39, 0.29) is 11.8 Å². The van der Waals surface area contributed by atoms with Crippen molar-refractivity contribution in [3.05, 3.63) is 30.3 Å². The van der Waals surface area contributed by atoms with Crippen molar-refractivity contribution in [1.29, 1.82) is 0 Å². The van der Waals surface area contributed by atoms with Crippen LogP contribution in [0.25, 0.3) is 6.08 Å². The maximum atomic E-state index is 13.1. The number of nitrogens with one attached hydrogen (secondary N) is 1. The third kappa shape index (κ3) is 4.13. The van der Waals surface area contributed by atoms with Gasteiger partial charge >= 0.3 is 17.2 Å². The maximum absolute atomic E-state index is 13.1. The molecule has 1 aromatic rings. The molecule has 0 aliphatic rings. The number of carbonyl (C=O) groups excluding carboxylic acids is 1. The number of rotatable bonds is 6. The van der Waals surface area contributed by atoms with Gasteiger partial charge in [0.1, 0.15) is 5.75 Å². The Labute approximate surface area is 129 Å². The van der Waals surface area contributed by atoms with Crippen LogP contribution in [0.5, 0.6) is 5.75 Å². The molecule has 0 saturated carbocycles. The van der Waals surface area contributed by atoms with E-state index >= 15 is 0 Å². The molecule has 1 aromatic carbocycles. The first kappa shape index (κ1) is 18.3. The van der Waals surface area contributed by atoms with E-state index in [1.165, 1.54) is 24.3 Å². The summed E-state index contributed by atoms with van der Waals surface area (Å²) in [4.78, 5) is 11.3. The Bertz CT molecular complexity index is 570. The number of ether oxygens (including phenoxy) is 1. The van der Waals surface area contributed by atoms with Crippen molar-refractivity contribution in [2.24, 2.45) is 0 Å². The normalized spacial score (nSPS) is 12.2. The van der Waals surface area contributed by atoms with E-state index in [4.69, 9.17) is 4.74 Å². The molecule has 1 rings (SSSR count). The summed E-state index contributed by atoms with van der Waals surface area (Å²) in [6.45, 7) is 7.09. The molecule has 0 saturated heterocycles. The second-order valence-corrected chi connectivity index (χ2v) is 5.12. The number of amides is 1. The standard InChI is InChI=1S/C14H14ClF4NO2/c1-4-9-7-10(5-6-11(9)22-8(2)3)20-12(21)13(16,17)14(15,18)19/h4-8H,1H2,2-3H3,(H,20,21). The van der Waals surface area contributed by atoms with Crippen molar-refractivity contribution in [1.82, 2.24) is 0 Å². The molecule has 0 unspecified atom stereocenters. The highest BCUT2D eigenvalue weighted by Gasteiger charge is 2.61. The van der Waals surface area contributed by atoms with E-state index in [1.54, 1.807) is 19.2 Å². The third-order valence-corrected chi connectivity index (χ3v) is 2.73. The Morgan fingerprint density at radius 1 is 1.36 bits per heavy atom. The highest BCUT2D eigenvalue weighted by Crippen LogP contribution is 2.38. The molecule has 0 aliphatic heterocycles. The predicted molar refractivity (Wildman–Crippen MR) is 76.7 cm³/mol. The molecule has 8 heteroatoms. The molecule has 122 valence electrons. The maximum Gasteiger partial charge on any atom is 0.401 e. The Morgan fingerprint density at radius 2 is 1.95 bits per heavy atom. The van der Waals surface area contributed by atoms with Crippen LogP contribution in [-0.2, 0) is 4.79 Å². The SMILES string of the molecule is C=Cc1cc(NC(=O)C(F)(F)C(F)(F)Cl)ccc1OC(C)C. The van der Waals surface area contributed by atoms with Gasteiger partial charge in [-0.2, -0.15) is 17.6 Å². The average Bonchev–Trinajstić information content (AvgIpc) is 2.38. The van der Waals surface area contributed by atoms with Crippen molar-refractivity contribution in [2.45, 2.75) is 31.3 Å². The van der Waals surface area contributed by atoms with Crippen LogP contribution in [0.2, 0.25) is 0 Å². The van der Waals surface area contributed by atoms with Crippen LogP contribution in [0.15, 0.2) is 24.8 Å². The molecular formula is C14H14ClF4NO2. The summed E-state index contributed by atoms with van der Waals surface area (Å²) in [5.41, 5.74) is 0.295. The second-order valence-electron chi connectivity index (χ2n) is 4.65. The number of anilines is 1. The minimum absolute atomic E-state index is 0.114. The molecule has 3 nitrogen and oxygen atoms in total. The molecule has 0 aliphatic carbocycles. The fourth-order valence-electron chi connectivity index (χ4n) is 1.49. The van der Waals surface area contributed by atoms with Crippen molar-refractivity contribution in [2.75, 3.05) is 5.32 Å². The molecule has 1 N–H and O–H groups in total. The minimum atomic E-state index is -5.05. The van der Waals surface area contributed by atoms with Gasteiger partial charge in [0.05, 0.1) is 6.10 Å². The highest BCUT2D eigenvalue weighted by molar-refractivity contribution is 6.24. The molecule has 1 amide bonds. The van der Waals surface area contributed by atoms with E-state index in [2.05, 4.69) is 18.2 Å². The topological polar surface area (TPSA) is 38.3 Å². The number of carbonyl (C=O) groups is 1. The van der Waals surface area contributed by atoms with E-state index in [0.717, 1.165) is 0 Å². The summed E-state index contributed by atoms with van der Waals surface area (Å²) in [6.07, 6.45) is 1.24. The Balaban J connectivity index is 3.00. The fraction of sp³-hybridized carbons (Fsp3) is 0.357. The van der Waals surface area contributed by atoms with Gasteiger partial charge in [0, 0.05) is 11.3 Å². The quantitative estimate of drug-likeness (QED) is 0.611. The first-order valence-corrected chi connectivity index (χ1v) is 6.56.